The molecule has 96 valence electrons. The molecule has 2 heterocycles. The summed E-state index contributed by atoms with van der Waals surface area (Å²) in [6.07, 6.45) is 4.60. The Bertz CT molecular complexity index is 508. The normalized spacial score (nSPS) is 28.4. The molecule has 0 saturated heterocycles. The van der Waals surface area contributed by atoms with Crippen molar-refractivity contribution in [2.45, 2.75) is 38.1 Å². The van der Waals surface area contributed by atoms with E-state index in [0.717, 1.165) is 29.5 Å². The summed E-state index contributed by atoms with van der Waals surface area (Å²) >= 11 is 3.43. The lowest BCUT2D eigenvalue weighted by molar-refractivity contribution is 0.247. The minimum absolute atomic E-state index is 0.175. The van der Waals surface area contributed by atoms with E-state index in [0.29, 0.717) is 0 Å². The van der Waals surface area contributed by atoms with Gasteiger partial charge in [-0.3, -0.25) is 0 Å². The Morgan fingerprint density at radius 3 is 2.78 bits per heavy atom. The molecule has 0 atom stereocenters. The number of nitrogens with two attached hydrogens (primary N) is 1. The van der Waals surface area contributed by atoms with Crippen LogP contribution in [0.1, 0.15) is 37.6 Å². The second-order valence-corrected chi connectivity index (χ2v) is 7.03. The van der Waals surface area contributed by atoms with Gasteiger partial charge in [-0.2, -0.15) is 11.3 Å². The van der Waals surface area contributed by atoms with Crippen molar-refractivity contribution in [1.29, 1.82) is 0 Å². The maximum absolute atomic E-state index is 6.56. The number of rotatable bonds is 2. The SMILES string of the molecule is CC1CCC(N)(c2nc(-c3ccsc3)cs2)CC1. The lowest BCUT2D eigenvalue weighted by Gasteiger charge is -2.34. The van der Waals surface area contributed by atoms with Crippen molar-refractivity contribution in [3.8, 4) is 11.3 Å². The van der Waals surface area contributed by atoms with Crippen LogP contribution in [0.2, 0.25) is 0 Å². The smallest absolute Gasteiger partial charge is 0.113 e. The Morgan fingerprint density at radius 1 is 1.33 bits per heavy atom. The van der Waals surface area contributed by atoms with Crippen molar-refractivity contribution in [2.24, 2.45) is 11.7 Å². The first-order chi connectivity index (χ1) is 8.67. The molecule has 1 fully saturated rings. The zero-order valence-corrected chi connectivity index (χ0v) is 12.2. The molecule has 0 radical (unpaired) electrons. The minimum Gasteiger partial charge on any atom is -0.319 e. The van der Waals surface area contributed by atoms with E-state index in [1.54, 1.807) is 22.7 Å². The third-order valence-corrected chi connectivity index (χ3v) is 5.66. The summed E-state index contributed by atoms with van der Waals surface area (Å²) in [5.74, 6) is 0.818. The molecule has 0 unspecified atom stereocenters. The summed E-state index contributed by atoms with van der Waals surface area (Å²) in [6, 6.07) is 2.12. The van der Waals surface area contributed by atoms with Crippen LogP contribution >= 0.6 is 22.7 Å². The molecule has 4 heteroatoms. The fourth-order valence-corrected chi connectivity index (χ4v) is 4.19. The number of nitrogens with zero attached hydrogens (tertiary/aromatic N) is 1. The number of aromatic nitrogens is 1. The number of thiazole rings is 1. The maximum atomic E-state index is 6.56. The minimum atomic E-state index is -0.175. The Balaban J connectivity index is 1.85. The predicted octanol–water partition coefficient (Wildman–Crippen LogP) is 4.24. The zero-order valence-electron chi connectivity index (χ0n) is 10.6. The van der Waals surface area contributed by atoms with Gasteiger partial charge in [0.05, 0.1) is 11.2 Å². The molecule has 0 amide bonds. The van der Waals surface area contributed by atoms with Crippen LogP contribution in [0.15, 0.2) is 22.2 Å². The van der Waals surface area contributed by atoms with Gasteiger partial charge in [0.25, 0.3) is 0 Å². The Morgan fingerprint density at radius 2 is 2.11 bits per heavy atom. The highest BCUT2D eigenvalue weighted by atomic mass is 32.1. The van der Waals surface area contributed by atoms with Crippen molar-refractivity contribution in [3.63, 3.8) is 0 Å². The van der Waals surface area contributed by atoms with Crippen molar-refractivity contribution in [3.05, 3.63) is 27.2 Å². The van der Waals surface area contributed by atoms with Crippen LogP contribution in [-0.2, 0) is 5.54 Å². The quantitative estimate of drug-likeness (QED) is 0.892. The third-order valence-electron chi connectivity index (χ3n) is 3.91. The predicted molar refractivity (Wildman–Crippen MR) is 78.9 cm³/mol. The topological polar surface area (TPSA) is 38.9 Å². The molecule has 1 aliphatic rings. The van der Waals surface area contributed by atoms with Gasteiger partial charge in [-0.25, -0.2) is 4.98 Å². The molecule has 0 spiro atoms. The van der Waals surface area contributed by atoms with Gasteiger partial charge in [-0.05, 0) is 43.0 Å². The lowest BCUT2D eigenvalue weighted by Crippen LogP contribution is -2.40. The van der Waals surface area contributed by atoms with Gasteiger partial charge in [-0.15, -0.1) is 11.3 Å². The van der Waals surface area contributed by atoms with E-state index in [4.69, 9.17) is 10.7 Å². The molecular formula is C14H18N2S2. The standard InChI is InChI=1S/C14H18N2S2/c1-10-2-5-14(15,6-3-10)13-16-12(9-18-13)11-4-7-17-8-11/h4,7-10H,2-3,5-6,15H2,1H3. The lowest BCUT2D eigenvalue weighted by atomic mass is 9.78. The van der Waals surface area contributed by atoms with Crippen molar-refractivity contribution < 1.29 is 0 Å². The average Bonchev–Trinajstić information content (AvgIpc) is 3.01. The van der Waals surface area contributed by atoms with Gasteiger partial charge >= 0.3 is 0 Å². The van der Waals surface area contributed by atoms with Gasteiger partial charge in [-0.1, -0.05) is 6.92 Å². The van der Waals surface area contributed by atoms with E-state index >= 15 is 0 Å². The third kappa shape index (κ3) is 2.25. The Hall–Kier alpha value is -0.710. The van der Waals surface area contributed by atoms with Crippen LogP contribution in [0.3, 0.4) is 0 Å². The fraction of sp³-hybridized carbons (Fsp3) is 0.500. The van der Waals surface area contributed by atoms with Gasteiger partial charge < -0.3 is 5.73 Å². The number of thiophene rings is 1. The molecule has 2 aromatic rings. The molecule has 0 bridgehead atoms. The van der Waals surface area contributed by atoms with Crippen molar-refractivity contribution in [2.75, 3.05) is 0 Å². The zero-order chi connectivity index (χ0) is 12.6. The second kappa shape index (κ2) is 4.76. The van der Waals surface area contributed by atoms with E-state index in [1.807, 2.05) is 0 Å². The van der Waals surface area contributed by atoms with Crippen LogP contribution in [-0.4, -0.2) is 4.98 Å². The highest BCUT2D eigenvalue weighted by Crippen LogP contribution is 2.39. The van der Waals surface area contributed by atoms with E-state index in [9.17, 15) is 0 Å². The molecule has 0 aliphatic heterocycles. The molecule has 2 nitrogen and oxygen atoms in total. The largest absolute Gasteiger partial charge is 0.319 e. The van der Waals surface area contributed by atoms with E-state index in [2.05, 4.69) is 29.1 Å². The van der Waals surface area contributed by atoms with Gasteiger partial charge in [0, 0.05) is 16.3 Å². The fourth-order valence-electron chi connectivity index (χ4n) is 2.54. The van der Waals surface area contributed by atoms with E-state index in [1.165, 1.54) is 18.4 Å². The Labute approximate surface area is 116 Å². The summed E-state index contributed by atoms with van der Waals surface area (Å²) in [5.41, 5.74) is 8.69. The van der Waals surface area contributed by atoms with Crippen molar-refractivity contribution in [1.82, 2.24) is 4.98 Å². The first kappa shape index (κ1) is 12.3. The number of hydrogen-bond donors (Lipinski definition) is 1. The molecular weight excluding hydrogens is 260 g/mol. The van der Waals surface area contributed by atoms with E-state index in [-0.39, 0.29) is 5.54 Å². The van der Waals surface area contributed by atoms with Crippen LogP contribution in [0, 0.1) is 5.92 Å². The average molecular weight is 278 g/mol. The summed E-state index contributed by atoms with van der Waals surface area (Å²) in [5, 5.41) is 7.50. The molecule has 2 aromatic heterocycles. The van der Waals surface area contributed by atoms with Crippen LogP contribution in [0.4, 0.5) is 0 Å². The van der Waals surface area contributed by atoms with Crippen LogP contribution < -0.4 is 5.73 Å². The molecule has 3 rings (SSSR count). The highest BCUT2D eigenvalue weighted by molar-refractivity contribution is 7.10. The van der Waals surface area contributed by atoms with Gasteiger partial charge in [0.1, 0.15) is 5.01 Å². The molecule has 0 aromatic carbocycles. The molecule has 18 heavy (non-hydrogen) atoms. The van der Waals surface area contributed by atoms with E-state index < -0.39 is 0 Å². The number of hydrogen-bond acceptors (Lipinski definition) is 4. The summed E-state index contributed by atoms with van der Waals surface area (Å²) in [6.45, 7) is 2.32. The first-order valence-corrected chi connectivity index (χ1v) is 8.27. The van der Waals surface area contributed by atoms with Crippen LogP contribution in [0.5, 0.6) is 0 Å². The molecule has 1 aliphatic carbocycles. The molecule has 2 N–H and O–H groups in total. The Kier molecular flexibility index (Phi) is 3.26. The summed E-state index contributed by atoms with van der Waals surface area (Å²) < 4.78 is 0. The van der Waals surface area contributed by atoms with Crippen molar-refractivity contribution >= 4 is 22.7 Å². The summed E-state index contributed by atoms with van der Waals surface area (Å²) in [7, 11) is 0. The molecule has 1 saturated carbocycles. The first-order valence-electron chi connectivity index (χ1n) is 6.45. The monoisotopic (exact) mass is 278 g/mol. The van der Waals surface area contributed by atoms with Gasteiger partial charge in [0.2, 0.25) is 0 Å². The second-order valence-electron chi connectivity index (χ2n) is 5.39. The van der Waals surface area contributed by atoms with Crippen LogP contribution in [0.25, 0.3) is 11.3 Å². The van der Waals surface area contributed by atoms with Gasteiger partial charge in [0.15, 0.2) is 0 Å². The highest BCUT2D eigenvalue weighted by Gasteiger charge is 2.34. The maximum Gasteiger partial charge on any atom is 0.113 e. The summed E-state index contributed by atoms with van der Waals surface area (Å²) in [4.78, 5) is 4.77.